The standard InChI is InChI=1S/C6H6F9NO5S2/c1-3(7,4(8,9)5(10,11)12)22(18,19)16(2,17)23(20,21)6(13,14)15/h1-2H3. The number of nitrogens with zero attached hydrogens (tertiary/aromatic N) is 1. The summed E-state index contributed by atoms with van der Waals surface area (Å²) in [6.45, 7) is -1.07. The van der Waals surface area contributed by atoms with Crippen molar-refractivity contribution in [1.82, 2.24) is 0 Å². The van der Waals surface area contributed by atoms with Crippen LogP contribution in [0.25, 0.3) is 0 Å². The molecule has 0 amide bonds. The first kappa shape index (κ1) is 22.2. The maximum Gasteiger partial charge on any atom is 0.551 e. The van der Waals surface area contributed by atoms with Gasteiger partial charge in [0.2, 0.25) is 0 Å². The molecule has 0 bridgehead atoms. The molecule has 0 heterocycles. The van der Waals surface area contributed by atoms with Crippen molar-refractivity contribution in [2.75, 3.05) is 7.05 Å². The van der Waals surface area contributed by atoms with Gasteiger partial charge in [-0.15, -0.1) is 3.46 Å². The molecule has 0 aromatic carbocycles. The predicted octanol–water partition coefficient (Wildman–Crippen LogP) is 1.99. The Balaban J connectivity index is 6.64. The fourth-order valence-corrected chi connectivity index (χ4v) is 4.19. The quantitative estimate of drug-likeness (QED) is 0.404. The lowest BCUT2D eigenvalue weighted by Gasteiger charge is -2.40. The number of hydroxylamine groups is 1. The Morgan fingerprint density at radius 1 is 0.783 bits per heavy atom. The second kappa shape index (κ2) is 5.09. The third kappa shape index (κ3) is 2.76. The molecule has 0 aliphatic heterocycles. The summed E-state index contributed by atoms with van der Waals surface area (Å²) in [5.74, 6) is -6.89. The molecular weight excluding hydrogens is 401 g/mol. The summed E-state index contributed by atoms with van der Waals surface area (Å²) in [6.07, 6.45) is -6.95. The lowest BCUT2D eigenvalue weighted by atomic mass is 10.2. The van der Waals surface area contributed by atoms with Crippen LogP contribution in [0.2, 0.25) is 0 Å². The van der Waals surface area contributed by atoms with Crippen LogP contribution < -0.4 is 0 Å². The molecule has 0 radical (unpaired) electrons. The van der Waals surface area contributed by atoms with E-state index in [1.54, 1.807) is 0 Å². The fraction of sp³-hybridized carbons (Fsp3) is 1.00. The van der Waals surface area contributed by atoms with Gasteiger partial charge in [0.1, 0.15) is 0 Å². The van der Waals surface area contributed by atoms with Gasteiger partial charge in [-0.05, 0) is 6.92 Å². The summed E-state index contributed by atoms with van der Waals surface area (Å²) in [6, 6.07) is 0. The highest BCUT2D eigenvalue weighted by Crippen LogP contribution is 2.51. The maximum atomic E-state index is 13.7. The molecule has 0 aromatic heterocycles. The Morgan fingerprint density at radius 2 is 1.09 bits per heavy atom. The Kier molecular flexibility index (Phi) is 4.91. The van der Waals surface area contributed by atoms with Gasteiger partial charge in [-0.2, -0.15) is 52.0 Å². The minimum atomic E-state index is -7.48. The van der Waals surface area contributed by atoms with E-state index in [2.05, 4.69) is 0 Å². The topological polar surface area (TPSA) is 91.3 Å². The first-order chi connectivity index (χ1) is 9.50. The third-order valence-electron chi connectivity index (χ3n) is 2.57. The minimum Gasteiger partial charge on any atom is -0.601 e. The molecule has 0 saturated carbocycles. The number of quaternary nitrogens is 1. The van der Waals surface area contributed by atoms with E-state index in [0.29, 0.717) is 0 Å². The highest BCUT2D eigenvalue weighted by atomic mass is 32.3. The van der Waals surface area contributed by atoms with Crippen LogP contribution in [0.4, 0.5) is 39.5 Å². The van der Waals surface area contributed by atoms with Crippen LogP contribution in [0.15, 0.2) is 0 Å². The van der Waals surface area contributed by atoms with Crippen LogP contribution in [-0.4, -0.2) is 49.9 Å². The molecular formula is C6H6F9NO5S2. The van der Waals surface area contributed by atoms with Crippen molar-refractivity contribution in [3.8, 4) is 0 Å². The van der Waals surface area contributed by atoms with E-state index in [4.69, 9.17) is 0 Å². The molecule has 23 heavy (non-hydrogen) atoms. The molecule has 0 rings (SSSR count). The van der Waals surface area contributed by atoms with E-state index in [1.165, 1.54) is 0 Å². The zero-order chi connectivity index (χ0) is 19.5. The largest absolute Gasteiger partial charge is 0.601 e. The molecule has 140 valence electrons. The number of sulfonamides is 2. The van der Waals surface area contributed by atoms with E-state index >= 15 is 0 Å². The number of alkyl halides is 9. The minimum absolute atomic E-state index is 0.956. The van der Waals surface area contributed by atoms with E-state index in [9.17, 15) is 61.6 Å². The van der Waals surface area contributed by atoms with Gasteiger partial charge >= 0.3 is 42.7 Å². The second-order valence-electron chi connectivity index (χ2n) is 4.16. The highest BCUT2D eigenvalue weighted by molar-refractivity contribution is 7.99. The van der Waals surface area contributed by atoms with Crippen LogP contribution in [-0.2, 0) is 20.0 Å². The molecule has 0 fully saturated rings. The average molecular weight is 407 g/mol. The zero-order valence-corrected chi connectivity index (χ0v) is 12.3. The zero-order valence-electron chi connectivity index (χ0n) is 10.7. The van der Waals surface area contributed by atoms with Crippen molar-refractivity contribution in [3.63, 3.8) is 0 Å². The molecule has 2 atom stereocenters. The lowest BCUT2D eigenvalue weighted by molar-refractivity contribution is -0.592. The monoisotopic (exact) mass is 407 g/mol. The van der Waals surface area contributed by atoms with Crippen LogP contribution in [0, 0.1) is 5.21 Å². The van der Waals surface area contributed by atoms with Gasteiger partial charge < -0.3 is 5.21 Å². The van der Waals surface area contributed by atoms with Gasteiger partial charge in [0.15, 0.2) is 0 Å². The van der Waals surface area contributed by atoms with Gasteiger partial charge in [0.05, 0.1) is 7.05 Å². The number of hydrogen-bond donors (Lipinski definition) is 0. The van der Waals surface area contributed by atoms with E-state index in [1.807, 2.05) is 0 Å². The van der Waals surface area contributed by atoms with E-state index in [0.717, 1.165) is 0 Å². The normalized spacial score (nSPS) is 20.7. The van der Waals surface area contributed by atoms with Gasteiger partial charge in [-0.3, -0.25) is 0 Å². The SMILES string of the molecule is CC(F)(C(F)(F)C(F)(F)F)S(=O)(=O)[N+](C)([O-])S(=O)(=O)C(F)(F)F. The molecule has 0 aromatic rings. The van der Waals surface area contributed by atoms with Crippen molar-refractivity contribution >= 4 is 20.0 Å². The van der Waals surface area contributed by atoms with Gasteiger partial charge in [0.25, 0.3) is 0 Å². The van der Waals surface area contributed by atoms with Crippen molar-refractivity contribution in [3.05, 3.63) is 5.21 Å². The predicted molar refractivity (Wildman–Crippen MR) is 54.0 cm³/mol. The Labute approximate surface area is 122 Å². The molecule has 0 aliphatic rings. The molecule has 0 spiro atoms. The van der Waals surface area contributed by atoms with Crippen molar-refractivity contribution in [2.45, 2.75) is 29.5 Å². The third-order valence-corrected chi connectivity index (χ3v) is 7.30. The summed E-state index contributed by atoms with van der Waals surface area (Å²) in [7, 11) is -15.9. The van der Waals surface area contributed by atoms with E-state index in [-0.39, 0.29) is 0 Å². The summed E-state index contributed by atoms with van der Waals surface area (Å²) in [5, 5.41) is 5.29. The Bertz CT molecular complexity index is 672. The first-order valence-corrected chi connectivity index (χ1v) is 7.65. The first-order valence-electron chi connectivity index (χ1n) is 4.77. The number of halogens is 9. The lowest BCUT2D eigenvalue weighted by Crippen LogP contribution is -2.66. The maximum absolute atomic E-state index is 13.7. The summed E-state index contributed by atoms with van der Waals surface area (Å²) in [4.78, 5) is 0. The Morgan fingerprint density at radius 3 is 1.30 bits per heavy atom. The summed E-state index contributed by atoms with van der Waals surface area (Å²) in [5.41, 5.74) is -6.68. The molecule has 6 nitrogen and oxygen atoms in total. The molecule has 0 N–H and O–H groups in total. The molecule has 0 aliphatic carbocycles. The number of rotatable bonds is 4. The molecule has 0 saturated heterocycles. The van der Waals surface area contributed by atoms with E-state index < -0.39 is 60.1 Å². The van der Waals surface area contributed by atoms with Crippen molar-refractivity contribution < 1.29 is 59.8 Å². The van der Waals surface area contributed by atoms with Crippen LogP contribution in [0.5, 0.6) is 0 Å². The van der Waals surface area contributed by atoms with Gasteiger partial charge in [-0.25, -0.2) is 4.39 Å². The highest BCUT2D eigenvalue weighted by Gasteiger charge is 2.80. The summed E-state index contributed by atoms with van der Waals surface area (Å²) < 4.78 is 152. The molecule has 17 heteroatoms. The van der Waals surface area contributed by atoms with Crippen LogP contribution in [0.3, 0.4) is 0 Å². The van der Waals surface area contributed by atoms with Gasteiger partial charge in [-0.1, -0.05) is 0 Å². The summed E-state index contributed by atoms with van der Waals surface area (Å²) >= 11 is 0. The number of hydrogen-bond acceptors (Lipinski definition) is 5. The van der Waals surface area contributed by atoms with Crippen molar-refractivity contribution in [1.29, 1.82) is 0 Å². The second-order valence-corrected chi connectivity index (χ2v) is 8.91. The van der Waals surface area contributed by atoms with Crippen LogP contribution in [0.1, 0.15) is 6.92 Å². The van der Waals surface area contributed by atoms with Crippen molar-refractivity contribution in [2.24, 2.45) is 0 Å². The smallest absolute Gasteiger partial charge is 0.551 e. The van der Waals surface area contributed by atoms with Gasteiger partial charge in [0, 0.05) is 0 Å². The van der Waals surface area contributed by atoms with Crippen LogP contribution >= 0.6 is 0 Å². The molecule has 2 unspecified atom stereocenters. The average Bonchev–Trinajstić information content (AvgIpc) is 2.24. The Hall–Kier alpha value is -0.810. The fourth-order valence-electron chi connectivity index (χ4n) is 1.04.